The van der Waals surface area contributed by atoms with E-state index in [0.29, 0.717) is 12.8 Å². The number of carbonyl (C=O) groups excluding carboxylic acids is 1. The van der Waals surface area contributed by atoms with E-state index in [4.69, 9.17) is 0 Å². The average molecular weight is 287 g/mol. The highest BCUT2D eigenvalue weighted by molar-refractivity contribution is 5.85. The van der Waals surface area contributed by atoms with E-state index in [1.54, 1.807) is 0 Å². The summed E-state index contributed by atoms with van der Waals surface area (Å²) in [6.45, 7) is 3.93. The molecule has 2 rings (SSSR count). The van der Waals surface area contributed by atoms with E-state index in [-0.39, 0.29) is 11.9 Å². The van der Waals surface area contributed by atoms with Crippen molar-refractivity contribution in [1.29, 1.82) is 0 Å². The number of nitrogens with one attached hydrogen (secondary N) is 1. The summed E-state index contributed by atoms with van der Waals surface area (Å²) in [5, 5.41) is 12.2. The Morgan fingerprint density at radius 3 is 2.43 bits per heavy atom. The van der Waals surface area contributed by atoms with E-state index >= 15 is 0 Å². The molecule has 0 radical (unpaired) electrons. The second kappa shape index (κ2) is 6.57. The predicted octanol–water partition coefficient (Wildman–Crippen LogP) is 2.84. The minimum Gasteiger partial charge on any atom is -0.481 e. The van der Waals surface area contributed by atoms with E-state index in [2.05, 4.69) is 5.32 Å². The molecule has 0 spiro atoms. The second-order valence-corrected chi connectivity index (χ2v) is 5.58. The molecular weight excluding hydrogens is 266 g/mol. The van der Waals surface area contributed by atoms with Crippen LogP contribution < -0.4 is 5.32 Å². The molecule has 1 aliphatic rings. The fraction of sp³-hybridized carbons (Fsp3) is 0.412. The van der Waals surface area contributed by atoms with Crippen LogP contribution in [0, 0.1) is 18.8 Å². The Balaban J connectivity index is 2.08. The van der Waals surface area contributed by atoms with E-state index in [0.717, 1.165) is 11.1 Å². The van der Waals surface area contributed by atoms with Crippen LogP contribution in [0.2, 0.25) is 0 Å². The summed E-state index contributed by atoms with van der Waals surface area (Å²) in [5.41, 5.74) is 2.17. The SMILES string of the molecule is Cc1ccccc1[C@@H](C)NC(=O)C1CC=CCC1C(=O)O. The molecule has 112 valence electrons. The summed E-state index contributed by atoms with van der Waals surface area (Å²) in [6, 6.07) is 7.75. The third-order valence-electron chi connectivity index (χ3n) is 4.10. The van der Waals surface area contributed by atoms with Gasteiger partial charge in [0.15, 0.2) is 0 Å². The minimum atomic E-state index is -0.900. The first-order valence-corrected chi connectivity index (χ1v) is 7.24. The molecule has 0 fully saturated rings. The van der Waals surface area contributed by atoms with Gasteiger partial charge in [-0.15, -0.1) is 0 Å². The molecule has 1 aromatic rings. The smallest absolute Gasteiger partial charge is 0.307 e. The van der Waals surface area contributed by atoms with Gasteiger partial charge in [0.1, 0.15) is 0 Å². The molecule has 4 heteroatoms. The second-order valence-electron chi connectivity index (χ2n) is 5.58. The maximum Gasteiger partial charge on any atom is 0.307 e. The summed E-state index contributed by atoms with van der Waals surface area (Å²) in [6.07, 6.45) is 4.64. The first kappa shape index (κ1) is 15.3. The lowest BCUT2D eigenvalue weighted by Crippen LogP contribution is -2.39. The third kappa shape index (κ3) is 3.51. The van der Waals surface area contributed by atoms with E-state index in [1.165, 1.54) is 0 Å². The molecule has 0 saturated heterocycles. The molecule has 0 saturated carbocycles. The number of hydrogen-bond acceptors (Lipinski definition) is 2. The molecule has 21 heavy (non-hydrogen) atoms. The van der Waals surface area contributed by atoms with Crippen molar-refractivity contribution in [3.05, 3.63) is 47.5 Å². The van der Waals surface area contributed by atoms with Crippen LogP contribution >= 0.6 is 0 Å². The predicted molar refractivity (Wildman–Crippen MR) is 80.7 cm³/mol. The van der Waals surface area contributed by atoms with Crippen molar-refractivity contribution in [1.82, 2.24) is 5.32 Å². The number of carboxylic acid groups (broad SMARTS) is 1. The summed E-state index contributed by atoms with van der Waals surface area (Å²) in [4.78, 5) is 23.7. The molecule has 0 aliphatic heterocycles. The van der Waals surface area contributed by atoms with Gasteiger partial charge in [-0.3, -0.25) is 9.59 Å². The van der Waals surface area contributed by atoms with Gasteiger partial charge < -0.3 is 10.4 Å². The van der Waals surface area contributed by atoms with Crippen molar-refractivity contribution in [2.45, 2.75) is 32.7 Å². The number of aryl methyl sites for hydroxylation is 1. The summed E-state index contributed by atoms with van der Waals surface area (Å²) in [5.74, 6) is -2.19. The van der Waals surface area contributed by atoms with Gasteiger partial charge in [-0.2, -0.15) is 0 Å². The maximum absolute atomic E-state index is 12.4. The molecule has 0 heterocycles. The zero-order valence-electron chi connectivity index (χ0n) is 12.4. The average Bonchev–Trinajstić information content (AvgIpc) is 2.47. The normalized spacial score (nSPS) is 22.6. The lowest BCUT2D eigenvalue weighted by Gasteiger charge is -2.26. The first-order chi connectivity index (χ1) is 10.0. The van der Waals surface area contributed by atoms with E-state index in [9.17, 15) is 14.7 Å². The Kier molecular flexibility index (Phi) is 4.78. The van der Waals surface area contributed by atoms with Crippen LogP contribution in [0.4, 0.5) is 0 Å². The van der Waals surface area contributed by atoms with Crippen LogP contribution in [0.5, 0.6) is 0 Å². The van der Waals surface area contributed by atoms with Crippen molar-refractivity contribution in [3.63, 3.8) is 0 Å². The van der Waals surface area contributed by atoms with Crippen LogP contribution in [0.1, 0.15) is 36.9 Å². The number of amides is 1. The Labute approximate surface area is 124 Å². The lowest BCUT2D eigenvalue weighted by atomic mass is 9.82. The van der Waals surface area contributed by atoms with Crippen LogP contribution in [0.15, 0.2) is 36.4 Å². The van der Waals surface area contributed by atoms with Crippen LogP contribution in [-0.2, 0) is 9.59 Å². The van der Waals surface area contributed by atoms with Crippen molar-refractivity contribution in [2.24, 2.45) is 11.8 Å². The molecule has 1 aromatic carbocycles. The highest BCUT2D eigenvalue weighted by Crippen LogP contribution is 2.27. The Bertz CT molecular complexity index is 565. The summed E-state index contributed by atoms with van der Waals surface area (Å²) >= 11 is 0. The van der Waals surface area contributed by atoms with Crippen molar-refractivity contribution in [3.8, 4) is 0 Å². The number of benzene rings is 1. The van der Waals surface area contributed by atoms with Crippen LogP contribution in [-0.4, -0.2) is 17.0 Å². The van der Waals surface area contributed by atoms with Gasteiger partial charge in [0.25, 0.3) is 0 Å². The summed E-state index contributed by atoms with van der Waals surface area (Å²) in [7, 11) is 0. The molecule has 1 amide bonds. The molecule has 0 aromatic heterocycles. The van der Waals surface area contributed by atoms with Crippen molar-refractivity contribution >= 4 is 11.9 Å². The Morgan fingerprint density at radius 1 is 1.19 bits per heavy atom. The zero-order chi connectivity index (χ0) is 15.4. The Morgan fingerprint density at radius 2 is 1.81 bits per heavy atom. The highest BCUT2D eigenvalue weighted by Gasteiger charge is 2.34. The number of rotatable bonds is 4. The topological polar surface area (TPSA) is 66.4 Å². The van der Waals surface area contributed by atoms with Gasteiger partial charge in [0, 0.05) is 0 Å². The number of carboxylic acids is 1. The molecule has 3 atom stereocenters. The third-order valence-corrected chi connectivity index (χ3v) is 4.10. The fourth-order valence-corrected chi connectivity index (χ4v) is 2.85. The fourth-order valence-electron chi connectivity index (χ4n) is 2.85. The van der Waals surface area contributed by atoms with E-state index in [1.807, 2.05) is 50.3 Å². The number of aliphatic carboxylic acids is 1. The van der Waals surface area contributed by atoms with Crippen molar-refractivity contribution in [2.75, 3.05) is 0 Å². The summed E-state index contributed by atoms with van der Waals surface area (Å²) < 4.78 is 0. The lowest BCUT2D eigenvalue weighted by molar-refractivity contribution is -0.147. The van der Waals surface area contributed by atoms with Gasteiger partial charge in [-0.25, -0.2) is 0 Å². The van der Waals surface area contributed by atoms with Crippen LogP contribution in [0.3, 0.4) is 0 Å². The maximum atomic E-state index is 12.4. The van der Waals surface area contributed by atoms with Gasteiger partial charge >= 0.3 is 5.97 Å². The van der Waals surface area contributed by atoms with Gasteiger partial charge in [0.05, 0.1) is 17.9 Å². The minimum absolute atomic E-state index is 0.126. The number of allylic oxidation sites excluding steroid dienone is 2. The number of carbonyl (C=O) groups is 2. The quantitative estimate of drug-likeness (QED) is 0.837. The van der Waals surface area contributed by atoms with Gasteiger partial charge in [0.2, 0.25) is 5.91 Å². The highest BCUT2D eigenvalue weighted by atomic mass is 16.4. The standard InChI is InChI=1S/C17H21NO3/c1-11-7-3-4-8-13(11)12(2)18-16(19)14-9-5-6-10-15(14)17(20)21/h3-8,12,14-15H,9-10H2,1-2H3,(H,18,19)(H,20,21)/t12-,14?,15?/m1/s1. The first-order valence-electron chi connectivity index (χ1n) is 7.24. The van der Waals surface area contributed by atoms with Gasteiger partial charge in [-0.05, 0) is 37.8 Å². The Hall–Kier alpha value is -2.10. The molecule has 2 unspecified atom stereocenters. The van der Waals surface area contributed by atoms with Gasteiger partial charge in [-0.1, -0.05) is 36.4 Å². The van der Waals surface area contributed by atoms with Crippen LogP contribution in [0.25, 0.3) is 0 Å². The molecule has 0 bridgehead atoms. The molecular formula is C17H21NO3. The zero-order valence-corrected chi connectivity index (χ0v) is 12.4. The number of hydrogen-bond donors (Lipinski definition) is 2. The largest absolute Gasteiger partial charge is 0.481 e. The van der Waals surface area contributed by atoms with E-state index < -0.39 is 17.8 Å². The van der Waals surface area contributed by atoms with Crippen molar-refractivity contribution < 1.29 is 14.7 Å². The molecule has 1 aliphatic carbocycles. The monoisotopic (exact) mass is 287 g/mol. The molecule has 4 nitrogen and oxygen atoms in total. The molecule has 2 N–H and O–H groups in total.